The number of ketones is 1. The summed E-state index contributed by atoms with van der Waals surface area (Å²) in [4.78, 5) is 37.4. The molecule has 0 aromatic rings. The van der Waals surface area contributed by atoms with Gasteiger partial charge in [-0.1, -0.05) is 25.5 Å². The van der Waals surface area contributed by atoms with E-state index < -0.39 is 47.5 Å². The van der Waals surface area contributed by atoms with Crippen LogP contribution in [0.15, 0.2) is 23.8 Å². The van der Waals surface area contributed by atoms with Gasteiger partial charge in [0, 0.05) is 12.0 Å². The zero-order valence-corrected chi connectivity index (χ0v) is 15.8. The third-order valence-corrected chi connectivity index (χ3v) is 6.29. The average Bonchev–Trinajstić information content (AvgIpc) is 2.99. The lowest BCUT2D eigenvalue weighted by Gasteiger charge is -2.40. The number of aliphatic hydroxyl groups excluding tert-OH is 1. The number of ether oxygens (including phenoxy) is 2. The third kappa shape index (κ3) is 2.62. The van der Waals surface area contributed by atoms with Gasteiger partial charge in [-0.05, 0) is 38.7 Å². The van der Waals surface area contributed by atoms with Gasteiger partial charge in [-0.15, -0.1) is 0 Å². The van der Waals surface area contributed by atoms with Crippen molar-refractivity contribution in [3.05, 3.63) is 23.8 Å². The lowest BCUT2D eigenvalue weighted by atomic mass is 9.66. The molecule has 1 aliphatic heterocycles. The van der Waals surface area contributed by atoms with Gasteiger partial charge < -0.3 is 14.6 Å². The summed E-state index contributed by atoms with van der Waals surface area (Å²) in [5.74, 6) is -2.90. The van der Waals surface area contributed by atoms with Gasteiger partial charge in [-0.2, -0.15) is 0 Å². The van der Waals surface area contributed by atoms with E-state index >= 15 is 0 Å². The van der Waals surface area contributed by atoms with Crippen LogP contribution >= 0.6 is 0 Å². The molecule has 6 nitrogen and oxygen atoms in total. The summed E-state index contributed by atoms with van der Waals surface area (Å²) in [6, 6.07) is 0. The molecule has 0 bridgehead atoms. The SMILES string of the molecule is CC(C)=CC(=O)OC1C2C(C)C(=O)O[C@@H]2[C@H](O)C(C)C2C=CC(=O)[C@]21C. The van der Waals surface area contributed by atoms with Crippen LogP contribution in [-0.4, -0.2) is 41.1 Å². The van der Waals surface area contributed by atoms with Crippen molar-refractivity contribution in [2.24, 2.45) is 29.1 Å². The van der Waals surface area contributed by atoms with E-state index in [1.165, 1.54) is 12.2 Å². The predicted octanol–water partition coefficient (Wildman–Crippen LogP) is 1.81. The molecule has 2 fully saturated rings. The maximum atomic E-state index is 12.8. The molecular weight excluding hydrogens is 336 g/mol. The number of aliphatic hydroxyl groups is 1. The highest BCUT2D eigenvalue weighted by Crippen LogP contribution is 2.54. The molecule has 26 heavy (non-hydrogen) atoms. The Morgan fingerprint density at radius 1 is 1.31 bits per heavy atom. The van der Waals surface area contributed by atoms with E-state index in [1.807, 2.05) is 6.92 Å². The topological polar surface area (TPSA) is 89.9 Å². The first-order valence-corrected chi connectivity index (χ1v) is 9.05. The van der Waals surface area contributed by atoms with Crippen molar-refractivity contribution in [2.45, 2.75) is 52.9 Å². The normalized spacial score (nSPS) is 44.0. The summed E-state index contributed by atoms with van der Waals surface area (Å²) in [5.41, 5.74) is -0.259. The first-order valence-electron chi connectivity index (χ1n) is 9.05. The van der Waals surface area contributed by atoms with E-state index in [9.17, 15) is 19.5 Å². The summed E-state index contributed by atoms with van der Waals surface area (Å²) in [6.45, 7) is 8.86. The molecular formula is C20H26O6. The second-order valence-corrected chi connectivity index (χ2v) is 8.23. The first-order chi connectivity index (χ1) is 12.1. The predicted molar refractivity (Wildman–Crippen MR) is 92.8 cm³/mol. The second kappa shape index (κ2) is 6.34. The van der Waals surface area contributed by atoms with Gasteiger partial charge in [-0.3, -0.25) is 9.59 Å². The number of fused-ring (bicyclic) bond motifs is 2. The number of rotatable bonds is 2. The van der Waals surface area contributed by atoms with E-state index in [-0.39, 0.29) is 17.6 Å². The molecule has 6 heteroatoms. The van der Waals surface area contributed by atoms with Crippen LogP contribution in [-0.2, 0) is 23.9 Å². The largest absolute Gasteiger partial charge is 0.459 e. The fraction of sp³-hybridized carbons (Fsp3) is 0.650. The Balaban J connectivity index is 2.11. The Morgan fingerprint density at radius 2 is 1.96 bits per heavy atom. The van der Waals surface area contributed by atoms with Crippen LogP contribution in [0.5, 0.6) is 0 Å². The van der Waals surface area contributed by atoms with Gasteiger partial charge in [-0.25, -0.2) is 4.79 Å². The van der Waals surface area contributed by atoms with E-state index in [1.54, 1.807) is 33.8 Å². The Kier molecular flexibility index (Phi) is 4.59. The molecule has 142 valence electrons. The molecule has 1 heterocycles. The summed E-state index contributed by atoms with van der Waals surface area (Å²) < 4.78 is 11.2. The third-order valence-electron chi connectivity index (χ3n) is 6.29. The van der Waals surface area contributed by atoms with Gasteiger partial charge in [0.05, 0.1) is 17.4 Å². The number of hydrogen-bond donors (Lipinski definition) is 1. The first kappa shape index (κ1) is 18.8. The van der Waals surface area contributed by atoms with Gasteiger partial charge >= 0.3 is 11.9 Å². The van der Waals surface area contributed by atoms with Crippen molar-refractivity contribution in [1.29, 1.82) is 0 Å². The molecule has 2 aliphatic carbocycles. The summed E-state index contributed by atoms with van der Waals surface area (Å²) in [6.07, 6.45) is 2.07. The number of allylic oxidation sites excluding steroid dienone is 3. The van der Waals surface area contributed by atoms with Crippen LogP contribution in [0.25, 0.3) is 0 Å². The number of hydrogen-bond acceptors (Lipinski definition) is 6. The van der Waals surface area contributed by atoms with E-state index in [2.05, 4.69) is 0 Å². The minimum Gasteiger partial charge on any atom is -0.459 e. The maximum absolute atomic E-state index is 12.8. The van der Waals surface area contributed by atoms with Crippen LogP contribution < -0.4 is 0 Å². The Labute approximate surface area is 153 Å². The highest BCUT2D eigenvalue weighted by molar-refractivity contribution is 5.98. The summed E-state index contributed by atoms with van der Waals surface area (Å²) in [7, 11) is 0. The van der Waals surface area contributed by atoms with Crippen molar-refractivity contribution in [3.8, 4) is 0 Å². The Bertz CT molecular complexity index is 703. The van der Waals surface area contributed by atoms with Crippen molar-refractivity contribution >= 4 is 17.7 Å². The zero-order valence-electron chi connectivity index (χ0n) is 15.8. The molecule has 1 saturated heterocycles. The molecule has 5 unspecified atom stereocenters. The van der Waals surface area contributed by atoms with Gasteiger partial charge in [0.1, 0.15) is 12.2 Å². The Morgan fingerprint density at radius 3 is 2.58 bits per heavy atom. The van der Waals surface area contributed by atoms with Crippen LogP contribution in [0, 0.1) is 29.1 Å². The van der Waals surface area contributed by atoms with Crippen LogP contribution in [0.2, 0.25) is 0 Å². The van der Waals surface area contributed by atoms with E-state index in [0.717, 1.165) is 5.57 Å². The van der Waals surface area contributed by atoms with Crippen molar-refractivity contribution < 1.29 is 29.0 Å². The smallest absolute Gasteiger partial charge is 0.330 e. The van der Waals surface area contributed by atoms with Crippen molar-refractivity contribution in [3.63, 3.8) is 0 Å². The van der Waals surface area contributed by atoms with Gasteiger partial charge in [0.2, 0.25) is 0 Å². The van der Waals surface area contributed by atoms with Crippen molar-refractivity contribution in [1.82, 2.24) is 0 Å². The summed E-state index contributed by atoms with van der Waals surface area (Å²) >= 11 is 0. The number of carbonyl (C=O) groups is 3. The molecule has 1 saturated carbocycles. The minimum absolute atomic E-state index is 0.149. The number of esters is 2. The fourth-order valence-corrected chi connectivity index (χ4v) is 4.79. The molecule has 0 amide bonds. The van der Waals surface area contributed by atoms with E-state index in [0.29, 0.717) is 0 Å². The van der Waals surface area contributed by atoms with E-state index in [4.69, 9.17) is 9.47 Å². The quantitative estimate of drug-likeness (QED) is 0.595. The molecule has 0 radical (unpaired) electrons. The van der Waals surface area contributed by atoms with Crippen LogP contribution in [0.3, 0.4) is 0 Å². The van der Waals surface area contributed by atoms with Gasteiger partial charge in [0.25, 0.3) is 0 Å². The average molecular weight is 362 g/mol. The summed E-state index contributed by atoms with van der Waals surface area (Å²) in [5, 5.41) is 10.8. The highest BCUT2D eigenvalue weighted by Gasteiger charge is 2.65. The van der Waals surface area contributed by atoms with Gasteiger partial charge in [0.15, 0.2) is 5.78 Å². The number of carbonyl (C=O) groups excluding carboxylic acids is 3. The fourth-order valence-electron chi connectivity index (χ4n) is 4.79. The highest BCUT2D eigenvalue weighted by atomic mass is 16.6. The zero-order chi connectivity index (χ0) is 19.4. The monoisotopic (exact) mass is 362 g/mol. The molecule has 0 aromatic heterocycles. The lowest BCUT2D eigenvalue weighted by molar-refractivity contribution is -0.162. The van der Waals surface area contributed by atoms with Crippen LogP contribution in [0.4, 0.5) is 0 Å². The minimum atomic E-state index is -1.03. The molecule has 1 N–H and O–H groups in total. The maximum Gasteiger partial charge on any atom is 0.330 e. The second-order valence-electron chi connectivity index (χ2n) is 8.23. The Hall–Kier alpha value is -1.95. The molecule has 0 spiro atoms. The standard InChI is InChI=1S/C20H26O6/c1-9(2)8-14(22)25-18-15-11(4)19(24)26-17(15)16(23)10(3)12-6-7-13(21)20(12,18)5/h6-8,10-12,15-18,23H,1-5H3/t10?,11?,12?,15?,16-,17+,18?,20+/m1/s1. The van der Waals surface area contributed by atoms with Crippen LogP contribution in [0.1, 0.15) is 34.6 Å². The molecule has 3 aliphatic rings. The molecule has 0 aromatic carbocycles. The van der Waals surface area contributed by atoms with Crippen molar-refractivity contribution in [2.75, 3.05) is 0 Å². The molecule has 8 atom stereocenters. The lowest BCUT2D eigenvalue weighted by Crippen LogP contribution is -2.50. The molecule has 3 rings (SSSR count).